The summed E-state index contributed by atoms with van der Waals surface area (Å²) >= 11 is 1.14. The number of rotatable bonds is 5. The highest BCUT2D eigenvalue weighted by atomic mass is 32.1. The number of aromatic nitrogens is 2. The Bertz CT molecular complexity index is 1060. The first kappa shape index (κ1) is 21.1. The van der Waals surface area contributed by atoms with Gasteiger partial charge in [-0.05, 0) is 56.6 Å². The summed E-state index contributed by atoms with van der Waals surface area (Å²) in [7, 11) is 0. The van der Waals surface area contributed by atoms with E-state index in [0.29, 0.717) is 10.8 Å². The molecule has 2 aromatic heterocycles. The minimum absolute atomic E-state index is 0.0270. The van der Waals surface area contributed by atoms with Crippen molar-refractivity contribution in [2.45, 2.75) is 25.4 Å². The third kappa shape index (κ3) is 4.80. The highest BCUT2D eigenvalue weighted by Crippen LogP contribution is 2.32. The lowest BCUT2D eigenvalue weighted by Crippen LogP contribution is -2.20. The van der Waals surface area contributed by atoms with Gasteiger partial charge >= 0.3 is 0 Å². The third-order valence-corrected chi connectivity index (χ3v) is 5.64. The number of hydrogen-bond acceptors (Lipinski definition) is 7. The number of carbonyl (C=O) groups is 1. The van der Waals surface area contributed by atoms with Gasteiger partial charge in [0.1, 0.15) is 23.4 Å². The Kier molecular flexibility index (Phi) is 6.38. The van der Waals surface area contributed by atoms with Crippen LogP contribution in [0.25, 0.3) is 11.3 Å². The number of anilines is 2. The van der Waals surface area contributed by atoms with Crippen molar-refractivity contribution in [2.24, 2.45) is 0 Å². The number of nitrogens with two attached hydrogens (primary N) is 1. The molecule has 0 spiro atoms. The Hall–Kier alpha value is -3.11. The number of amides is 1. The first-order chi connectivity index (χ1) is 15.0. The Morgan fingerprint density at radius 2 is 2.00 bits per heavy atom. The number of halogens is 2. The van der Waals surface area contributed by atoms with Crippen molar-refractivity contribution in [3.63, 3.8) is 0 Å². The van der Waals surface area contributed by atoms with Crippen molar-refractivity contribution in [1.82, 2.24) is 14.7 Å². The maximum atomic E-state index is 14.1. The van der Waals surface area contributed by atoms with Gasteiger partial charge in [0.2, 0.25) is 5.06 Å². The molecule has 1 fully saturated rings. The van der Waals surface area contributed by atoms with Crippen molar-refractivity contribution >= 4 is 28.8 Å². The quantitative estimate of drug-likeness (QED) is 0.552. The van der Waals surface area contributed by atoms with E-state index in [0.717, 1.165) is 56.0 Å². The Morgan fingerprint density at radius 1 is 1.19 bits per heavy atom. The van der Waals surface area contributed by atoms with E-state index >= 15 is 0 Å². The summed E-state index contributed by atoms with van der Waals surface area (Å²) < 4.78 is 38.4. The molecule has 0 saturated carbocycles. The van der Waals surface area contributed by atoms with E-state index in [9.17, 15) is 13.6 Å². The molecule has 10 heteroatoms. The molecule has 4 N–H and O–H groups in total. The second-order valence-corrected chi connectivity index (χ2v) is 7.90. The van der Waals surface area contributed by atoms with Crippen molar-refractivity contribution < 1.29 is 18.3 Å². The number of ether oxygens (including phenoxy) is 1. The van der Waals surface area contributed by atoms with Crippen LogP contribution in [0.15, 0.2) is 36.5 Å². The van der Waals surface area contributed by atoms with Gasteiger partial charge in [0.25, 0.3) is 5.91 Å². The van der Waals surface area contributed by atoms with Crippen LogP contribution in [0.4, 0.5) is 20.2 Å². The first-order valence-electron chi connectivity index (χ1n) is 9.87. The van der Waals surface area contributed by atoms with Crippen LogP contribution in [0.1, 0.15) is 29.8 Å². The van der Waals surface area contributed by atoms with Crippen molar-refractivity contribution in [2.75, 3.05) is 24.1 Å². The molecule has 0 bridgehead atoms. The zero-order chi connectivity index (χ0) is 21.8. The van der Waals surface area contributed by atoms with Crippen LogP contribution in [-0.4, -0.2) is 34.5 Å². The molecule has 3 heterocycles. The summed E-state index contributed by atoms with van der Waals surface area (Å²) in [4.78, 5) is 17.0. The number of nitrogen functional groups attached to an aromatic ring is 1. The molecule has 0 aliphatic carbocycles. The van der Waals surface area contributed by atoms with E-state index in [2.05, 4.69) is 20.0 Å². The molecule has 162 valence electrons. The topological polar surface area (TPSA) is 102 Å². The average molecular weight is 445 g/mol. The maximum absolute atomic E-state index is 14.1. The molecular formula is C21H21F2N5O2S. The number of hydrogen-bond donors (Lipinski definition) is 3. The van der Waals surface area contributed by atoms with Crippen LogP contribution in [0, 0.1) is 11.6 Å². The molecular weight excluding hydrogens is 424 g/mol. The summed E-state index contributed by atoms with van der Waals surface area (Å²) in [6.45, 7) is 1.82. The molecule has 4 rings (SSSR count). The van der Waals surface area contributed by atoms with Gasteiger partial charge in [-0.1, -0.05) is 6.07 Å². The van der Waals surface area contributed by atoms with Gasteiger partial charge in [0, 0.05) is 11.5 Å². The summed E-state index contributed by atoms with van der Waals surface area (Å²) in [6.07, 6.45) is 4.29. The monoisotopic (exact) mass is 445 g/mol. The second kappa shape index (κ2) is 9.36. The van der Waals surface area contributed by atoms with Crippen molar-refractivity contribution in [1.29, 1.82) is 0 Å². The van der Waals surface area contributed by atoms with Gasteiger partial charge in [-0.2, -0.15) is 4.37 Å². The average Bonchev–Trinajstić information content (AvgIpc) is 3.00. The molecule has 0 radical (unpaired) electrons. The Labute approximate surface area is 181 Å². The number of carbonyl (C=O) groups excluding carboxylic acids is 1. The summed E-state index contributed by atoms with van der Waals surface area (Å²) in [5.41, 5.74) is 5.91. The van der Waals surface area contributed by atoms with Crippen molar-refractivity contribution in [3.05, 3.63) is 53.9 Å². The van der Waals surface area contributed by atoms with E-state index in [-0.39, 0.29) is 28.7 Å². The zero-order valence-electron chi connectivity index (χ0n) is 16.5. The molecule has 1 aromatic carbocycles. The van der Waals surface area contributed by atoms with Crippen molar-refractivity contribution in [3.8, 4) is 16.3 Å². The predicted octanol–water partition coefficient (Wildman–Crippen LogP) is 3.84. The van der Waals surface area contributed by atoms with Crippen LogP contribution in [-0.2, 0) is 0 Å². The van der Waals surface area contributed by atoms with Gasteiger partial charge < -0.3 is 21.1 Å². The number of pyridine rings is 1. The van der Waals surface area contributed by atoms with E-state index in [1.165, 1.54) is 24.4 Å². The molecule has 1 amide bonds. The molecule has 1 aliphatic rings. The van der Waals surface area contributed by atoms with Gasteiger partial charge in [-0.15, -0.1) is 0 Å². The second-order valence-electron chi connectivity index (χ2n) is 7.13. The number of nitrogens with one attached hydrogen (secondary N) is 2. The van der Waals surface area contributed by atoms with Gasteiger partial charge in [0.05, 0.1) is 23.1 Å². The lowest BCUT2D eigenvalue weighted by molar-refractivity contribution is 0.102. The fourth-order valence-electron chi connectivity index (χ4n) is 3.37. The van der Waals surface area contributed by atoms with Crippen LogP contribution in [0.2, 0.25) is 0 Å². The highest BCUT2D eigenvalue weighted by Gasteiger charge is 2.21. The van der Waals surface area contributed by atoms with Gasteiger partial charge in [-0.3, -0.25) is 4.79 Å². The normalized spacial score (nSPS) is 16.5. The summed E-state index contributed by atoms with van der Waals surface area (Å²) in [5.74, 6) is -2.18. The minimum Gasteiger partial charge on any atom is -0.478 e. The number of benzene rings is 1. The largest absolute Gasteiger partial charge is 0.478 e. The van der Waals surface area contributed by atoms with Crippen LogP contribution in [0.5, 0.6) is 5.06 Å². The van der Waals surface area contributed by atoms with Gasteiger partial charge in [-0.25, -0.2) is 13.8 Å². The van der Waals surface area contributed by atoms with Crippen LogP contribution < -0.4 is 21.1 Å². The van der Waals surface area contributed by atoms with E-state index in [1.54, 1.807) is 0 Å². The fraction of sp³-hybridized carbons (Fsp3) is 0.286. The SMILES string of the molecule is Nc1ccc(-c2c(F)cccc2F)nc1C(=O)Nc1cnsc1OC1CCCNCC1. The smallest absolute Gasteiger partial charge is 0.276 e. The predicted molar refractivity (Wildman–Crippen MR) is 115 cm³/mol. The fourth-order valence-corrected chi connectivity index (χ4v) is 4.00. The third-order valence-electron chi connectivity index (χ3n) is 4.94. The lowest BCUT2D eigenvalue weighted by Gasteiger charge is -2.16. The highest BCUT2D eigenvalue weighted by molar-refractivity contribution is 7.08. The minimum atomic E-state index is -0.778. The molecule has 1 saturated heterocycles. The van der Waals surface area contributed by atoms with E-state index in [1.807, 2.05) is 0 Å². The molecule has 1 atom stereocenters. The van der Waals surface area contributed by atoms with Crippen LogP contribution >= 0.6 is 11.5 Å². The number of nitrogens with zero attached hydrogens (tertiary/aromatic N) is 2. The Balaban J connectivity index is 1.55. The summed E-state index contributed by atoms with van der Waals surface area (Å²) in [6, 6.07) is 6.27. The zero-order valence-corrected chi connectivity index (χ0v) is 17.3. The molecule has 3 aromatic rings. The molecule has 7 nitrogen and oxygen atoms in total. The summed E-state index contributed by atoms with van der Waals surface area (Å²) in [5, 5.41) is 6.52. The lowest BCUT2D eigenvalue weighted by atomic mass is 10.1. The van der Waals surface area contributed by atoms with E-state index < -0.39 is 17.5 Å². The van der Waals surface area contributed by atoms with Crippen LogP contribution in [0.3, 0.4) is 0 Å². The first-order valence-corrected chi connectivity index (χ1v) is 10.6. The maximum Gasteiger partial charge on any atom is 0.276 e. The molecule has 1 unspecified atom stereocenters. The van der Waals surface area contributed by atoms with E-state index in [4.69, 9.17) is 10.5 Å². The standard InChI is InChI=1S/C21H21F2N5O2S/c22-13-4-1-5-14(23)18(13)16-7-6-15(24)19(27-16)20(29)28-17-11-26-31-21(17)30-12-3-2-9-25-10-8-12/h1,4-7,11-12,25H,2-3,8-10,24H2,(H,28,29). The molecule has 1 aliphatic heterocycles. The molecule has 31 heavy (non-hydrogen) atoms. The van der Waals surface area contributed by atoms with Gasteiger partial charge in [0.15, 0.2) is 5.69 Å². The Morgan fingerprint density at radius 3 is 2.81 bits per heavy atom.